The molecule has 130 valence electrons. The monoisotopic (exact) mass is 420 g/mol. The topological polar surface area (TPSA) is 73.0 Å². The first-order valence-electron chi connectivity index (χ1n) is 7.58. The van der Waals surface area contributed by atoms with Gasteiger partial charge in [-0.2, -0.15) is 0 Å². The summed E-state index contributed by atoms with van der Waals surface area (Å²) in [7, 11) is 1.88. The van der Waals surface area contributed by atoms with Crippen molar-refractivity contribution in [1.29, 1.82) is 0 Å². The molecule has 0 aliphatic heterocycles. The summed E-state index contributed by atoms with van der Waals surface area (Å²) in [5.41, 5.74) is 2.74. The highest BCUT2D eigenvalue weighted by Crippen LogP contribution is 2.26. The molecule has 3 rings (SSSR count). The minimum Gasteiger partial charge on any atom is -0.469 e. The van der Waals surface area contributed by atoms with Gasteiger partial charge in [-0.25, -0.2) is 0 Å². The van der Waals surface area contributed by atoms with E-state index in [0.29, 0.717) is 5.16 Å². The smallest absolute Gasteiger partial charge is 0.234 e. The second-order valence-electron chi connectivity index (χ2n) is 5.56. The highest BCUT2D eigenvalue weighted by molar-refractivity contribution is 9.10. The van der Waals surface area contributed by atoms with E-state index in [1.54, 1.807) is 6.26 Å². The first kappa shape index (κ1) is 17.8. The molecule has 0 aliphatic carbocycles. The number of carbonyl (C=O) groups excluding carboxylic acids is 1. The zero-order valence-electron chi connectivity index (χ0n) is 14.0. The summed E-state index contributed by atoms with van der Waals surface area (Å²) in [4.78, 5) is 12.2. The van der Waals surface area contributed by atoms with E-state index in [1.807, 2.05) is 49.7 Å². The van der Waals surface area contributed by atoms with Crippen LogP contribution < -0.4 is 5.32 Å². The maximum Gasteiger partial charge on any atom is 0.234 e. The van der Waals surface area contributed by atoms with Crippen molar-refractivity contribution < 1.29 is 9.21 Å². The molecule has 25 heavy (non-hydrogen) atoms. The lowest BCUT2D eigenvalue weighted by Crippen LogP contribution is -2.14. The number of halogens is 1. The van der Waals surface area contributed by atoms with Gasteiger partial charge in [-0.1, -0.05) is 27.7 Å². The van der Waals surface area contributed by atoms with Gasteiger partial charge in [0.1, 0.15) is 5.76 Å². The molecule has 0 fully saturated rings. The summed E-state index contributed by atoms with van der Waals surface area (Å²) in [6.45, 7) is 3.86. The Morgan fingerprint density at radius 3 is 2.80 bits per heavy atom. The van der Waals surface area contributed by atoms with Gasteiger partial charge in [-0.3, -0.25) is 4.79 Å². The Hall–Kier alpha value is -2.06. The van der Waals surface area contributed by atoms with E-state index in [0.717, 1.165) is 32.9 Å². The molecule has 0 radical (unpaired) electrons. The number of nitrogens with zero attached hydrogens (tertiary/aromatic N) is 3. The Morgan fingerprint density at radius 2 is 2.12 bits per heavy atom. The zero-order chi connectivity index (χ0) is 18.0. The third-order valence-electron chi connectivity index (χ3n) is 3.71. The van der Waals surface area contributed by atoms with Gasteiger partial charge in [-0.05, 0) is 43.7 Å². The third kappa shape index (κ3) is 3.96. The van der Waals surface area contributed by atoms with Crippen LogP contribution in [0, 0.1) is 13.8 Å². The van der Waals surface area contributed by atoms with Crippen molar-refractivity contribution in [3.63, 3.8) is 0 Å². The van der Waals surface area contributed by atoms with E-state index < -0.39 is 0 Å². The molecule has 0 atom stereocenters. The number of hydrogen-bond donors (Lipinski definition) is 1. The SMILES string of the molecule is Cc1cc(NC(=O)CSc2nnc(-c3ccoc3C)n2C)ccc1Br. The molecular formula is C17H17BrN4O2S. The first-order valence-corrected chi connectivity index (χ1v) is 9.36. The number of benzene rings is 1. The Bertz CT molecular complexity index is 919. The number of anilines is 1. The number of thioether (sulfide) groups is 1. The molecule has 8 heteroatoms. The number of carbonyl (C=O) groups is 1. The molecule has 0 saturated carbocycles. The fourth-order valence-corrected chi connectivity index (χ4v) is 3.30. The largest absolute Gasteiger partial charge is 0.469 e. The van der Waals surface area contributed by atoms with Crippen LogP contribution in [0.2, 0.25) is 0 Å². The lowest BCUT2D eigenvalue weighted by molar-refractivity contribution is -0.113. The molecule has 1 aromatic carbocycles. The Labute approximate surface area is 158 Å². The lowest BCUT2D eigenvalue weighted by Gasteiger charge is -2.07. The van der Waals surface area contributed by atoms with Gasteiger partial charge in [0.05, 0.1) is 17.6 Å². The van der Waals surface area contributed by atoms with Crippen LogP contribution in [0.15, 0.2) is 44.6 Å². The van der Waals surface area contributed by atoms with E-state index in [-0.39, 0.29) is 11.7 Å². The van der Waals surface area contributed by atoms with Crippen LogP contribution in [0.5, 0.6) is 0 Å². The van der Waals surface area contributed by atoms with Crippen LogP contribution in [0.3, 0.4) is 0 Å². The van der Waals surface area contributed by atoms with Gasteiger partial charge in [0.15, 0.2) is 11.0 Å². The minimum atomic E-state index is -0.0873. The van der Waals surface area contributed by atoms with E-state index >= 15 is 0 Å². The van der Waals surface area contributed by atoms with Gasteiger partial charge >= 0.3 is 0 Å². The van der Waals surface area contributed by atoms with Crippen molar-refractivity contribution in [3.05, 3.63) is 46.3 Å². The first-order chi connectivity index (χ1) is 12.0. The van der Waals surface area contributed by atoms with Crippen molar-refractivity contribution in [3.8, 4) is 11.4 Å². The number of aryl methyl sites for hydroxylation is 2. The molecule has 0 aliphatic rings. The molecule has 2 aromatic heterocycles. The quantitative estimate of drug-likeness (QED) is 0.626. The van der Waals surface area contributed by atoms with Gasteiger partial charge in [0, 0.05) is 17.2 Å². The maximum absolute atomic E-state index is 12.2. The molecule has 1 amide bonds. The Kier molecular flexibility index (Phi) is 5.29. The summed E-state index contributed by atoms with van der Waals surface area (Å²) in [6, 6.07) is 7.56. The summed E-state index contributed by atoms with van der Waals surface area (Å²) in [5, 5.41) is 11.9. The molecule has 0 bridgehead atoms. The number of furan rings is 1. The summed E-state index contributed by atoms with van der Waals surface area (Å²) < 4.78 is 8.19. The Morgan fingerprint density at radius 1 is 1.32 bits per heavy atom. The van der Waals surface area contributed by atoms with Crippen molar-refractivity contribution in [1.82, 2.24) is 14.8 Å². The standard InChI is InChI=1S/C17H17BrN4O2S/c1-10-8-12(4-5-14(10)18)19-15(23)9-25-17-21-20-16(22(17)3)13-6-7-24-11(13)2/h4-8H,9H2,1-3H3,(H,19,23). The Balaban J connectivity index is 1.64. The number of hydrogen-bond acceptors (Lipinski definition) is 5. The number of amides is 1. The molecule has 0 saturated heterocycles. The fourth-order valence-electron chi connectivity index (χ4n) is 2.34. The molecule has 1 N–H and O–H groups in total. The second-order valence-corrected chi connectivity index (χ2v) is 7.35. The molecular weight excluding hydrogens is 404 g/mol. The number of rotatable bonds is 5. The van der Waals surface area contributed by atoms with Crippen LogP contribution in [-0.4, -0.2) is 26.4 Å². The summed E-state index contributed by atoms with van der Waals surface area (Å²) >= 11 is 4.79. The highest BCUT2D eigenvalue weighted by Gasteiger charge is 2.15. The van der Waals surface area contributed by atoms with Gasteiger partial charge in [0.25, 0.3) is 0 Å². The molecule has 6 nitrogen and oxygen atoms in total. The van der Waals surface area contributed by atoms with Crippen LogP contribution in [0.4, 0.5) is 5.69 Å². The number of aromatic nitrogens is 3. The van der Waals surface area contributed by atoms with E-state index in [4.69, 9.17) is 4.42 Å². The van der Waals surface area contributed by atoms with Crippen molar-refractivity contribution in [2.75, 3.05) is 11.1 Å². The van der Waals surface area contributed by atoms with E-state index in [9.17, 15) is 4.79 Å². The van der Waals surface area contributed by atoms with Crippen LogP contribution in [0.25, 0.3) is 11.4 Å². The van der Waals surface area contributed by atoms with Crippen molar-refractivity contribution in [2.45, 2.75) is 19.0 Å². The van der Waals surface area contributed by atoms with Gasteiger partial charge in [-0.15, -0.1) is 10.2 Å². The number of nitrogens with one attached hydrogen (secondary N) is 1. The molecule has 3 aromatic rings. The molecule has 2 heterocycles. The fraction of sp³-hybridized carbons (Fsp3) is 0.235. The van der Waals surface area contributed by atoms with Crippen LogP contribution in [0.1, 0.15) is 11.3 Å². The van der Waals surface area contributed by atoms with Crippen molar-refractivity contribution in [2.24, 2.45) is 7.05 Å². The maximum atomic E-state index is 12.2. The zero-order valence-corrected chi connectivity index (χ0v) is 16.4. The van der Waals surface area contributed by atoms with E-state index in [1.165, 1.54) is 11.8 Å². The van der Waals surface area contributed by atoms with Crippen LogP contribution >= 0.6 is 27.7 Å². The third-order valence-corrected chi connectivity index (χ3v) is 5.62. The average Bonchev–Trinajstić information content (AvgIpc) is 3.14. The van der Waals surface area contributed by atoms with E-state index in [2.05, 4.69) is 31.4 Å². The normalized spacial score (nSPS) is 10.9. The van der Waals surface area contributed by atoms with Gasteiger partial charge in [0.2, 0.25) is 5.91 Å². The molecule has 0 spiro atoms. The van der Waals surface area contributed by atoms with Gasteiger partial charge < -0.3 is 14.3 Å². The highest BCUT2D eigenvalue weighted by atomic mass is 79.9. The van der Waals surface area contributed by atoms with Crippen LogP contribution in [-0.2, 0) is 11.8 Å². The predicted molar refractivity (Wildman–Crippen MR) is 102 cm³/mol. The second kappa shape index (κ2) is 7.45. The lowest BCUT2D eigenvalue weighted by atomic mass is 10.2. The summed E-state index contributed by atoms with van der Waals surface area (Å²) in [5.74, 6) is 1.68. The summed E-state index contributed by atoms with van der Waals surface area (Å²) in [6.07, 6.45) is 1.62. The van der Waals surface area contributed by atoms with Crippen molar-refractivity contribution >= 4 is 39.3 Å². The predicted octanol–water partition coefficient (Wildman–Crippen LogP) is 4.19. The molecule has 0 unspecified atom stereocenters. The minimum absolute atomic E-state index is 0.0873. The average molecular weight is 421 g/mol.